The molecule has 27 heavy (non-hydrogen) atoms. The van der Waals surface area contributed by atoms with Crippen molar-refractivity contribution in [2.24, 2.45) is 0 Å². The summed E-state index contributed by atoms with van der Waals surface area (Å²) < 4.78 is 0. The van der Waals surface area contributed by atoms with Crippen LogP contribution in [-0.4, -0.2) is 54.2 Å². The van der Waals surface area contributed by atoms with E-state index in [2.05, 4.69) is 34.1 Å². The first-order valence-corrected chi connectivity index (χ1v) is 9.17. The van der Waals surface area contributed by atoms with Crippen LogP contribution in [0.5, 0.6) is 0 Å². The molecule has 138 valence electrons. The van der Waals surface area contributed by atoms with E-state index < -0.39 is 6.10 Å². The van der Waals surface area contributed by atoms with E-state index in [1.54, 1.807) is 17.2 Å². The number of aromatic nitrogens is 1. The molecule has 1 aromatic heterocycles. The van der Waals surface area contributed by atoms with Crippen LogP contribution in [0.25, 0.3) is 22.0 Å². The van der Waals surface area contributed by atoms with E-state index >= 15 is 0 Å². The predicted octanol–water partition coefficient (Wildman–Crippen LogP) is 3.17. The molecule has 4 rings (SSSR count). The molecule has 3 aromatic rings. The third kappa shape index (κ3) is 3.38. The zero-order valence-electron chi connectivity index (χ0n) is 15.6. The van der Waals surface area contributed by atoms with Crippen LogP contribution in [0.15, 0.2) is 54.7 Å². The third-order valence-electron chi connectivity index (χ3n) is 5.14. The molecule has 0 spiro atoms. The summed E-state index contributed by atoms with van der Waals surface area (Å²) in [5.41, 5.74) is 4.73. The highest BCUT2D eigenvalue weighted by Gasteiger charge is 2.26. The van der Waals surface area contributed by atoms with Gasteiger partial charge in [0.05, 0.1) is 17.2 Å². The Morgan fingerprint density at radius 2 is 1.85 bits per heavy atom. The average molecular weight is 361 g/mol. The normalized spacial score (nSPS) is 16.7. The van der Waals surface area contributed by atoms with E-state index in [9.17, 15) is 9.90 Å². The minimum absolute atomic E-state index is 0.0425. The number of likely N-dealkylation sites (tertiary alicyclic amines) is 1. The van der Waals surface area contributed by atoms with Crippen LogP contribution in [0.4, 0.5) is 5.69 Å². The lowest BCUT2D eigenvalue weighted by molar-refractivity contribution is 0.0767. The van der Waals surface area contributed by atoms with Gasteiger partial charge in [-0.05, 0) is 47.9 Å². The van der Waals surface area contributed by atoms with Gasteiger partial charge < -0.3 is 14.9 Å². The summed E-state index contributed by atoms with van der Waals surface area (Å²) in [6.45, 7) is 0.990. The average Bonchev–Trinajstić information content (AvgIpc) is 3.13. The van der Waals surface area contributed by atoms with Crippen molar-refractivity contribution < 1.29 is 9.90 Å². The van der Waals surface area contributed by atoms with Crippen molar-refractivity contribution in [3.8, 4) is 11.1 Å². The zero-order valence-corrected chi connectivity index (χ0v) is 15.6. The van der Waals surface area contributed by atoms with E-state index in [0.29, 0.717) is 25.1 Å². The lowest BCUT2D eigenvalue weighted by Gasteiger charge is -2.17. The van der Waals surface area contributed by atoms with Crippen LogP contribution < -0.4 is 4.90 Å². The Kier molecular flexibility index (Phi) is 4.54. The minimum Gasteiger partial charge on any atom is -0.391 e. The van der Waals surface area contributed by atoms with Gasteiger partial charge in [-0.2, -0.15) is 0 Å². The fraction of sp³-hybridized carbons (Fsp3) is 0.273. The second kappa shape index (κ2) is 7.00. The highest BCUT2D eigenvalue weighted by Crippen LogP contribution is 2.28. The SMILES string of the molecule is CN(C)c1ccc(-c2ccc3nccc(C(=O)N4CCC(O)C4)c3c2)cc1. The quantitative estimate of drug-likeness (QED) is 0.778. The second-order valence-electron chi connectivity index (χ2n) is 7.23. The number of anilines is 1. The van der Waals surface area contributed by atoms with Gasteiger partial charge in [0, 0.05) is 44.5 Å². The maximum atomic E-state index is 13.0. The molecule has 5 heteroatoms. The number of carbonyl (C=O) groups is 1. The predicted molar refractivity (Wildman–Crippen MR) is 108 cm³/mol. The molecule has 2 aromatic carbocycles. The van der Waals surface area contributed by atoms with Crippen molar-refractivity contribution in [2.45, 2.75) is 12.5 Å². The molecule has 1 unspecified atom stereocenters. The summed E-state index contributed by atoms with van der Waals surface area (Å²) >= 11 is 0. The number of rotatable bonds is 3. The number of carbonyl (C=O) groups excluding carboxylic acids is 1. The molecule has 0 aliphatic carbocycles. The van der Waals surface area contributed by atoms with Gasteiger partial charge in [-0.25, -0.2) is 0 Å². The maximum absolute atomic E-state index is 13.0. The first kappa shape index (κ1) is 17.5. The van der Waals surface area contributed by atoms with Gasteiger partial charge in [0.1, 0.15) is 0 Å². The Morgan fingerprint density at radius 3 is 2.52 bits per heavy atom. The maximum Gasteiger partial charge on any atom is 0.254 e. The Morgan fingerprint density at radius 1 is 1.11 bits per heavy atom. The molecule has 1 saturated heterocycles. The molecule has 0 radical (unpaired) electrons. The van der Waals surface area contributed by atoms with Gasteiger partial charge in [-0.3, -0.25) is 9.78 Å². The summed E-state index contributed by atoms with van der Waals surface area (Å²) in [6.07, 6.45) is 1.89. The number of hydrogen-bond donors (Lipinski definition) is 1. The van der Waals surface area contributed by atoms with Crippen molar-refractivity contribution in [2.75, 3.05) is 32.1 Å². The van der Waals surface area contributed by atoms with Crippen molar-refractivity contribution in [3.05, 3.63) is 60.3 Å². The van der Waals surface area contributed by atoms with Crippen LogP contribution in [0.1, 0.15) is 16.8 Å². The highest BCUT2D eigenvalue weighted by molar-refractivity contribution is 6.07. The Balaban J connectivity index is 1.74. The standard InChI is InChI=1S/C22H23N3O2/c1-24(2)17-6-3-15(4-7-17)16-5-8-21-20(13-16)19(9-11-23-21)22(27)25-12-10-18(26)14-25/h3-9,11,13,18,26H,10,12,14H2,1-2H3. The van der Waals surface area contributed by atoms with Crippen LogP contribution in [0.2, 0.25) is 0 Å². The molecule has 1 fully saturated rings. The lowest BCUT2D eigenvalue weighted by Crippen LogP contribution is -2.29. The molecule has 1 atom stereocenters. The topological polar surface area (TPSA) is 56.7 Å². The van der Waals surface area contributed by atoms with E-state index in [1.807, 2.05) is 32.3 Å². The Bertz CT molecular complexity index is 983. The zero-order chi connectivity index (χ0) is 19.0. The van der Waals surface area contributed by atoms with E-state index in [1.165, 1.54) is 0 Å². The molecule has 0 saturated carbocycles. The van der Waals surface area contributed by atoms with Crippen LogP contribution >= 0.6 is 0 Å². The molecule has 5 nitrogen and oxygen atoms in total. The van der Waals surface area contributed by atoms with Gasteiger partial charge in [-0.15, -0.1) is 0 Å². The number of nitrogens with zero attached hydrogens (tertiary/aromatic N) is 3. The number of β-amino-alcohol motifs (C(OH)–C–C–N with tert-alkyl or cyclic N) is 1. The molecular weight excluding hydrogens is 338 g/mol. The first-order valence-electron chi connectivity index (χ1n) is 9.17. The second-order valence-corrected chi connectivity index (χ2v) is 7.23. The fourth-order valence-electron chi connectivity index (χ4n) is 3.56. The smallest absolute Gasteiger partial charge is 0.254 e. The van der Waals surface area contributed by atoms with Crippen molar-refractivity contribution >= 4 is 22.5 Å². The minimum atomic E-state index is -0.423. The summed E-state index contributed by atoms with van der Waals surface area (Å²) in [5, 5.41) is 10.6. The number of fused-ring (bicyclic) bond motifs is 1. The molecule has 1 N–H and O–H groups in total. The summed E-state index contributed by atoms with van der Waals surface area (Å²) in [5.74, 6) is -0.0425. The fourth-order valence-corrected chi connectivity index (χ4v) is 3.56. The van der Waals surface area contributed by atoms with Crippen LogP contribution in [0.3, 0.4) is 0 Å². The Labute approximate surface area is 158 Å². The van der Waals surface area contributed by atoms with Gasteiger partial charge in [0.2, 0.25) is 0 Å². The number of pyridine rings is 1. The molecular formula is C22H23N3O2. The summed E-state index contributed by atoms with van der Waals surface area (Å²) in [4.78, 5) is 21.2. The molecule has 1 aliphatic rings. The lowest BCUT2D eigenvalue weighted by atomic mass is 10.00. The van der Waals surface area contributed by atoms with Gasteiger partial charge >= 0.3 is 0 Å². The molecule has 1 aliphatic heterocycles. The van der Waals surface area contributed by atoms with Crippen LogP contribution in [-0.2, 0) is 0 Å². The number of aliphatic hydroxyl groups is 1. The number of benzene rings is 2. The van der Waals surface area contributed by atoms with Crippen molar-refractivity contribution in [1.29, 1.82) is 0 Å². The summed E-state index contributed by atoms with van der Waals surface area (Å²) in [7, 11) is 4.04. The third-order valence-corrected chi connectivity index (χ3v) is 5.14. The monoisotopic (exact) mass is 361 g/mol. The highest BCUT2D eigenvalue weighted by atomic mass is 16.3. The number of hydrogen-bond acceptors (Lipinski definition) is 4. The van der Waals surface area contributed by atoms with Crippen molar-refractivity contribution in [1.82, 2.24) is 9.88 Å². The first-order chi connectivity index (χ1) is 13.0. The van der Waals surface area contributed by atoms with Crippen molar-refractivity contribution in [3.63, 3.8) is 0 Å². The Hall–Kier alpha value is -2.92. The molecule has 1 amide bonds. The van der Waals surface area contributed by atoms with E-state index in [4.69, 9.17) is 0 Å². The molecule has 0 bridgehead atoms. The van der Waals surface area contributed by atoms with Crippen LogP contribution in [0, 0.1) is 0 Å². The van der Waals surface area contributed by atoms with Gasteiger partial charge in [0.15, 0.2) is 0 Å². The van der Waals surface area contributed by atoms with Gasteiger partial charge in [-0.1, -0.05) is 18.2 Å². The van der Waals surface area contributed by atoms with Gasteiger partial charge in [0.25, 0.3) is 5.91 Å². The van der Waals surface area contributed by atoms with E-state index in [0.717, 1.165) is 27.7 Å². The molecule has 2 heterocycles. The largest absolute Gasteiger partial charge is 0.391 e. The van der Waals surface area contributed by atoms with E-state index in [-0.39, 0.29) is 5.91 Å². The number of aliphatic hydroxyl groups excluding tert-OH is 1. The number of amides is 1. The summed E-state index contributed by atoms with van der Waals surface area (Å²) in [6, 6.07) is 16.1.